The van der Waals surface area contributed by atoms with Crippen molar-refractivity contribution in [3.63, 3.8) is 0 Å². The number of hydrogen-bond donors (Lipinski definition) is 2. The molecule has 2 N–H and O–H groups in total. The Balaban J connectivity index is 2.43. The van der Waals surface area contributed by atoms with Gasteiger partial charge in [-0.05, 0) is 47.1 Å². The van der Waals surface area contributed by atoms with E-state index in [-0.39, 0.29) is 24.0 Å². The molecule has 0 unspecified atom stereocenters. The van der Waals surface area contributed by atoms with E-state index < -0.39 is 0 Å². The molecule has 0 aromatic heterocycles. The quantitative estimate of drug-likeness (QED) is 0.711. The zero-order valence-corrected chi connectivity index (χ0v) is 13.9. The number of rotatable bonds is 5. The maximum atomic E-state index is 11.9. The minimum Gasteiger partial charge on any atom is -0.353 e. The molecule has 0 radical (unpaired) electrons. The number of likely N-dealkylation sites (N-methyl/N-ethyl adjacent to an activating group) is 1. The molecule has 0 atom stereocenters. The van der Waals surface area contributed by atoms with Gasteiger partial charge in [0.2, 0.25) is 5.91 Å². The van der Waals surface area contributed by atoms with Crippen LogP contribution in [0.3, 0.4) is 0 Å². The van der Waals surface area contributed by atoms with Crippen molar-refractivity contribution in [3.8, 4) is 0 Å². The Labute approximate surface area is 127 Å². The summed E-state index contributed by atoms with van der Waals surface area (Å²) in [6.45, 7) is 2.70. The smallest absolute Gasteiger partial charge is 0.317 e. The zero-order chi connectivity index (χ0) is 16.0. The summed E-state index contributed by atoms with van der Waals surface area (Å²) in [7, 11) is 9.53. The first-order valence-electron chi connectivity index (χ1n) is 7.35. The van der Waals surface area contributed by atoms with Crippen LogP contribution in [0.4, 0.5) is 4.79 Å². The van der Waals surface area contributed by atoms with Crippen LogP contribution < -0.4 is 10.6 Å². The second kappa shape index (κ2) is 7.61. The normalized spacial score (nSPS) is 18.4. The van der Waals surface area contributed by atoms with Crippen LogP contribution in [0, 0.1) is 0 Å². The molecule has 1 rings (SSSR count). The first-order valence-corrected chi connectivity index (χ1v) is 7.35. The Hall–Kier alpha value is -1.34. The molecule has 0 aromatic carbocycles. The van der Waals surface area contributed by atoms with Crippen LogP contribution in [0.5, 0.6) is 0 Å². The van der Waals surface area contributed by atoms with Crippen molar-refractivity contribution in [3.05, 3.63) is 0 Å². The molecular weight excluding hydrogens is 270 g/mol. The molecule has 122 valence electrons. The zero-order valence-electron chi connectivity index (χ0n) is 13.9. The number of nitrogens with one attached hydrogen (secondary N) is 2. The van der Waals surface area contributed by atoms with Gasteiger partial charge in [-0.2, -0.15) is 0 Å². The summed E-state index contributed by atoms with van der Waals surface area (Å²) in [4.78, 5) is 29.2. The van der Waals surface area contributed by atoms with Crippen LogP contribution in [-0.4, -0.2) is 93.6 Å². The first kappa shape index (κ1) is 17.7. The van der Waals surface area contributed by atoms with Crippen molar-refractivity contribution in [2.24, 2.45) is 0 Å². The van der Waals surface area contributed by atoms with Gasteiger partial charge in [0.25, 0.3) is 0 Å². The maximum absolute atomic E-state index is 11.9. The highest BCUT2D eigenvalue weighted by Gasteiger charge is 2.35. The van der Waals surface area contributed by atoms with Gasteiger partial charge in [0.1, 0.15) is 0 Å². The number of piperidine rings is 1. The van der Waals surface area contributed by atoms with Crippen molar-refractivity contribution in [2.45, 2.75) is 18.4 Å². The van der Waals surface area contributed by atoms with Gasteiger partial charge in [-0.3, -0.25) is 4.79 Å². The molecule has 7 heteroatoms. The number of urea groups is 1. The van der Waals surface area contributed by atoms with Crippen molar-refractivity contribution in [2.75, 3.05) is 61.4 Å². The fourth-order valence-corrected chi connectivity index (χ4v) is 2.46. The fraction of sp³-hybridized carbons (Fsp3) is 0.857. The molecule has 3 amide bonds. The lowest BCUT2D eigenvalue weighted by atomic mass is 9.86. The summed E-state index contributed by atoms with van der Waals surface area (Å²) in [6.07, 6.45) is 2.06. The van der Waals surface area contributed by atoms with Crippen molar-refractivity contribution in [1.29, 1.82) is 0 Å². The Morgan fingerprint density at radius 2 is 1.67 bits per heavy atom. The van der Waals surface area contributed by atoms with Crippen LogP contribution in [0.2, 0.25) is 0 Å². The summed E-state index contributed by atoms with van der Waals surface area (Å²) in [5.74, 6) is -0.148. The van der Waals surface area contributed by atoms with Crippen LogP contribution in [-0.2, 0) is 4.79 Å². The van der Waals surface area contributed by atoms with E-state index in [4.69, 9.17) is 0 Å². The third kappa shape index (κ3) is 5.17. The third-order valence-electron chi connectivity index (χ3n) is 4.29. The van der Waals surface area contributed by atoms with Gasteiger partial charge in [0.05, 0.1) is 6.54 Å². The third-order valence-corrected chi connectivity index (χ3v) is 4.29. The SMILES string of the molecule is CN1CCC(CNC(=O)CNC(=O)N(C)C)(N(C)C)CC1. The molecule has 0 spiro atoms. The van der Waals surface area contributed by atoms with Crippen LogP contribution in [0.15, 0.2) is 0 Å². The highest BCUT2D eigenvalue weighted by molar-refractivity contribution is 5.83. The molecule has 1 saturated heterocycles. The Morgan fingerprint density at radius 3 is 2.14 bits per heavy atom. The van der Waals surface area contributed by atoms with E-state index in [1.807, 2.05) is 0 Å². The Kier molecular flexibility index (Phi) is 6.42. The predicted molar refractivity (Wildman–Crippen MR) is 83.2 cm³/mol. The van der Waals surface area contributed by atoms with Crippen LogP contribution in [0.1, 0.15) is 12.8 Å². The number of hydrogen-bond acceptors (Lipinski definition) is 4. The maximum Gasteiger partial charge on any atom is 0.317 e. The lowest BCUT2D eigenvalue weighted by Gasteiger charge is -2.45. The first-order chi connectivity index (χ1) is 9.77. The van der Waals surface area contributed by atoms with E-state index in [1.54, 1.807) is 14.1 Å². The molecule has 1 heterocycles. The van der Waals surface area contributed by atoms with Gasteiger partial charge in [0.15, 0.2) is 0 Å². The fourth-order valence-electron chi connectivity index (χ4n) is 2.46. The molecule has 1 aliphatic rings. The summed E-state index contributed by atoms with van der Waals surface area (Å²) in [5.41, 5.74) is 0.00767. The summed E-state index contributed by atoms with van der Waals surface area (Å²) < 4.78 is 0. The largest absolute Gasteiger partial charge is 0.353 e. The molecule has 7 nitrogen and oxygen atoms in total. The molecule has 0 aromatic rings. The highest BCUT2D eigenvalue weighted by Crippen LogP contribution is 2.25. The number of nitrogens with zero attached hydrogens (tertiary/aromatic N) is 3. The minimum absolute atomic E-state index is 0.00767. The standard InChI is InChI=1S/C14H29N5O2/c1-17(2)13(21)15-10-12(20)16-11-14(18(3)4)6-8-19(5)9-7-14/h6-11H2,1-5H3,(H,15,21)(H,16,20). The van der Waals surface area contributed by atoms with Crippen LogP contribution >= 0.6 is 0 Å². The molecule has 1 fully saturated rings. The second-order valence-electron chi connectivity index (χ2n) is 6.25. The molecule has 0 aliphatic carbocycles. The highest BCUT2D eigenvalue weighted by atomic mass is 16.2. The van der Waals surface area contributed by atoms with Gasteiger partial charge in [0, 0.05) is 26.2 Å². The molecular formula is C14H29N5O2. The van der Waals surface area contributed by atoms with Crippen molar-refractivity contribution in [1.82, 2.24) is 25.3 Å². The molecule has 1 aliphatic heterocycles. The summed E-state index contributed by atoms with van der Waals surface area (Å²) in [6, 6.07) is -0.258. The van der Waals surface area contributed by atoms with E-state index in [9.17, 15) is 9.59 Å². The number of carbonyl (C=O) groups is 2. The Bertz CT molecular complexity index is 362. The van der Waals surface area contributed by atoms with Crippen LogP contribution in [0.25, 0.3) is 0 Å². The lowest BCUT2D eigenvalue weighted by molar-refractivity contribution is -0.120. The van der Waals surface area contributed by atoms with Gasteiger partial charge >= 0.3 is 6.03 Å². The second-order valence-corrected chi connectivity index (χ2v) is 6.25. The van der Waals surface area contributed by atoms with E-state index in [0.717, 1.165) is 25.9 Å². The van der Waals surface area contributed by atoms with Crippen molar-refractivity contribution >= 4 is 11.9 Å². The predicted octanol–water partition coefficient (Wildman–Crippen LogP) is -0.600. The van der Waals surface area contributed by atoms with Gasteiger partial charge in [-0.1, -0.05) is 0 Å². The van der Waals surface area contributed by atoms with E-state index in [1.165, 1.54) is 4.90 Å². The molecule has 0 bridgehead atoms. The lowest BCUT2D eigenvalue weighted by Crippen LogP contribution is -2.58. The van der Waals surface area contributed by atoms with E-state index >= 15 is 0 Å². The monoisotopic (exact) mass is 299 g/mol. The summed E-state index contributed by atoms with van der Waals surface area (Å²) >= 11 is 0. The average Bonchev–Trinajstić information content (AvgIpc) is 2.44. The van der Waals surface area contributed by atoms with Gasteiger partial charge in [-0.25, -0.2) is 4.79 Å². The average molecular weight is 299 g/mol. The number of likely N-dealkylation sites (tertiary alicyclic amines) is 1. The summed E-state index contributed by atoms with van der Waals surface area (Å²) in [5, 5.41) is 5.52. The van der Waals surface area contributed by atoms with Gasteiger partial charge < -0.3 is 25.3 Å². The minimum atomic E-state index is -0.258. The van der Waals surface area contributed by atoms with E-state index in [2.05, 4.69) is 41.6 Å². The topological polar surface area (TPSA) is 67.9 Å². The van der Waals surface area contributed by atoms with E-state index in [0.29, 0.717) is 6.54 Å². The van der Waals surface area contributed by atoms with Crippen molar-refractivity contribution < 1.29 is 9.59 Å². The molecule has 21 heavy (non-hydrogen) atoms. The Morgan fingerprint density at radius 1 is 1.10 bits per heavy atom. The van der Waals surface area contributed by atoms with Gasteiger partial charge in [-0.15, -0.1) is 0 Å². The number of carbonyl (C=O) groups excluding carboxylic acids is 2. The number of amides is 3. The molecule has 0 saturated carbocycles.